The van der Waals surface area contributed by atoms with Crippen molar-refractivity contribution >= 4 is 99.6 Å². The molecule has 4 nitrogen and oxygen atoms in total. The van der Waals surface area contributed by atoms with Crippen LogP contribution >= 0.6 is 64.3 Å². The molecule has 20 rings (SSSR count). The average molecular weight is 2330 g/mol. The largest absolute Gasteiger partial charge is 0.643 e. The number of hydrogen-bond donors (Lipinski definition) is 2. The second-order valence-electron chi connectivity index (χ2n) is 32.5. The van der Waals surface area contributed by atoms with Crippen molar-refractivity contribution in [1.82, 2.24) is 0 Å². The van der Waals surface area contributed by atoms with E-state index in [4.69, 9.17) is 56.5 Å². The number of fused-ring (bicyclic) bond motifs is 18. The zero-order valence-electron chi connectivity index (χ0n) is 75.5. The molecule has 24 heteroatoms. The molecule has 0 saturated heterocycles. The number of carbonyl (C=O) groups is 1. The molecule has 147 heavy (non-hydrogen) atoms. The SMILES string of the molecule is C.C.C.C.C.C.C.C.C.C.C.C.C/C=C\c1ccc2c(c1F)Cc1c(F)cccc1-2.C=C(C)Oc1ccc2c(c1F)Cc1c(F)cccc1-2.CCC(=O)Cl.CCCc1ccc2c(c1F)Cc1c(F)cccc1-2.CCCc1ccc2c(c1F)Cc1c-2ccc(-c2ccc(C)cc2)c1F.CCCc1ccc2c(c1F)Cc1c-2ccc(B(O)O)c1F.Cc1ccc(I)cc1.Fc1cccc2c1Cc1c(F)cccc1-2.[CH3-].[Cl][Al]([Cl])[Cl].[HH].[Pd]. The van der Waals surface area contributed by atoms with Crippen LogP contribution in [0.4, 0.5) is 52.7 Å². The van der Waals surface area contributed by atoms with Gasteiger partial charge in [-0.15, -0.1) is 0 Å². The first kappa shape index (κ1) is 141. The van der Waals surface area contributed by atoms with Crippen molar-refractivity contribution in [2.45, 2.75) is 228 Å². The van der Waals surface area contributed by atoms with Crippen LogP contribution in [0, 0.1) is 94.7 Å². The predicted octanol–water partition coefficient (Wildman–Crippen LogP) is 39.5. The van der Waals surface area contributed by atoms with Crippen molar-refractivity contribution < 1.29 is 94.1 Å². The first-order valence-electron chi connectivity index (χ1n) is 43.5. The Morgan fingerprint density at radius 3 is 0.925 bits per heavy atom. The van der Waals surface area contributed by atoms with Gasteiger partial charge in [-0.3, -0.25) is 4.79 Å². The molecule has 0 aromatic heterocycles. The molecule has 0 saturated carbocycles. The van der Waals surface area contributed by atoms with Crippen LogP contribution in [-0.2, 0) is 83.0 Å². The first-order chi connectivity index (χ1) is 63.7. The molecule has 0 unspecified atom stereocenters. The molecule has 798 valence electrons. The molecular weight excluding hydrogens is 2180 g/mol. The van der Waals surface area contributed by atoms with Gasteiger partial charge in [0.25, 0.3) is 0 Å². The second kappa shape index (κ2) is 64.7. The third kappa shape index (κ3) is 32.9. The number of hydrogen-bond acceptors (Lipinski definition) is 4. The Balaban J connectivity index is -0.000000801. The van der Waals surface area contributed by atoms with Crippen LogP contribution < -0.4 is 10.2 Å². The number of carbonyl (C=O) groups excluding carboxylic acids is 1. The summed E-state index contributed by atoms with van der Waals surface area (Å²) in [6, 6.07) is 65.6. The second-order valence-corrected chi connectivity index (χ2v) is 40.6. The first-order valence-corrected chi connectivity index (χ1v) is 50.2. The zero-order chi connectivity index (χ0) is 95.9. The monoisotopic (exact) mass is 2330 g/mol. The molecule has 14 aromatic rings. The van der Waals surface area contributed by atoms with Crippen LogP contribution in [0.15, 0.2) is 243 Å². The summed E-state index contributed by atoms with van der Waals surface area (Å²) in [6.45, 7) is 19.0. The fourth-order valence-corrected chi connectivity index (χ4v) is 17.5. The third-order valence-electron chi connectivity index (χ3n) is 23.5. The Bertz CT molecular complexity index is 6660. The van der Waals surface area contributed by atoms with Gasteiger partial charge in [-0.25, -0.2) is 82.8 Å². The standard InChI is InChI=1S/C23H20F2.C16H15BF2O2.C16H12F2O.C16H14F2.C16H12F2.C13H8F2.C7H7I.C3H5ClO.12CH4.CH3.Al.3ClH.Pd.H2/c1-3-4-16-9-10-18-19-12-11-17(15-7-5-14(2)6-8-15)23(25)21(19)13-20(18)22(16)24;1-2-3-9-4-5-10-11-6-7-14(17(20)21)16(19)13(11)8-12(10)15(9)18;1-9(2)19-15-7-6-11-10-4-3-5-14(17)12(10)8-13(11)16(15)18;2*1-2-4-10-7-8-12-11-5-3-6-15(17)13(11)9-14(12)16(10)18;14-12-5-1-3-8-9-4-2-6-13(15)11(9)7-10(8)12;1-6-2-4-7(8)5-3-6;1-2-3(4)5;;;;;;;;;;;;;;;;;;;/h5-12H,3-4,13H2,1-2H3;4-7,20-21H,2-3,8H2,1H3;3-7H,1,8H2,2H3;3,5-8H,2,4,9H2,1H3;2-8H,9H2,1H3;1-6H,7H2;2-5H,1H3;2H2,1H3;12*1H4;1H3;;3*1H;;1H/q;;;;;;;;;;;;;;;;;;;;-1;+3;;;;;/p-3/b;;;;4-2-;;;;;;;;;;;;;;;;;;;;;;. The Morgan fingerprint density at radius 1 is 0.374 bits per heavy atom. The quantitative estimate of drug-likeness (QED) is 0.0319. The molecule has 6 aliphatic carbocycles. The number of rotatable bonds is 12. The van der Waals surface area contributed by atoms with Crippen LogP contribution in [0.25, 0.3) is 84.0 Å². The summed E-state index contributed by atoms with van der Waals surface area (Å²) in [7, 11) is 13.0. The summed E-state index contributed by atoms with van der Waals surface area (Å²) in [5.74, 6) is -2.85. The van der Waals surface area contributed by atoms with Gasteiger partial charge in [0.1, 0.15) is 64.0 Å². The fourth-order valence-electron chi connectivity index (χ4n) is 17.1. The van der Waals surface area contributed by atoms with Gasteiger partial charge in [-0.2, -0.15) is 0 Å². The maximum Gasteiger partial charge on any atom is 0.643 e. The van der Waals surface area contributed by atoms with Crippen LogP contribution in [-0.4, -0.2) is 33.8 Å². The minimum Gasteiger partial charge on any atom is -0.460 e. The summed E-state index contributed by atoms with van der Waals surface area (Å²) in [5, 5.41) is 18.1. The molecule has 0 aliphatic heterocycles. The van der Waals surface area contributed by atoms with E-state index in [0.29, 0.717) is 145 Å². The van der Waals surface area contributed by atoms with Crippen LogP contribution in [0.2, 0.25) is 0 Å². The minimum absolute atomic E-state index is 0. The van der Waals surface area contributed by atoms with E-state index in [1.165, 1.54) is 45.5 Å². The molecule has 2 N–H and O–H groups in total. The van der Waals surface area contributed by atoms with Crippen molar-refractivity contribution in [2.24, 2.45) is 0 Å². The molecule has 0 radical (unpaired) electrons. The maximum absolute atomic E-state index is 15.2. The Morgan fingerprint density at radius 2 is 0.626 bits per heavy atom. The summed E-state index contributed by atoms with van der Waals surface area (Å²) in [6.07, 6.45) is 10.5. The number of benzene rings is 14. The minimum atomic E-state index is -1.86. The predicted molar refractivity (Wildman–Crippen MR) is 617 cm³/mol. The van der Waals surface area contributed by atoms with Crippen LogP contribution in [0.5, 0.6) is 5.75 Å². The van der Waals surface area contributed by atoms with Gasteiger partial charge in [-0.05, 0) is 224 Å². The van der Waals surface area contributed by atoms with Crippen LogP contribution in [0.3, 0.4) is 0 Å². The van der Waals surface area contributed by atoms with Gasteiger partial charge in [-0.1, -0.05) is 342 Å². The Hall–Kier alpha value is -9.74. The number of aryl methyl sites for hydroxylation is 5. The molecule has 0 atom stereocenters. The Labute approximate surface area is 921 Å². The fraction of sp³-hybridized carbons (Fsp3) is 0.268. The summed E-state index contributed by atoms with van der Waals surface area (Å²) < 4.78 is 176. The topological polar surface area (TPSA) is 66.8 Å². The molecule has 6 aliphatic rings. The van der Waals surface area contributed by atoms with E-state index in [1.807, 2.05) is 138 Å². The number of halogens is 17. The van der Waals surface area contributed by atoms with Crippen molar-refractivity contribution in [3.05, 3.63) is 424 Å². The Kier molecular flexibility index (Phi) is 62.2. The summed E-state index contributed by atoms with van der Waals surface area (Å²) >= 11 is 5.40. The molecule has 14 aromatic carbocycles. The van der Waals surface area contributed by atoms with Crippen molar-refractivity contribution in [1.29, 1.82) is 0 Å². The van der Waals surface area contributed by atoms with E-state index in [-0.39, 0.29) is 206 Å². The van der Waals surface area contributed by atoms with Gasteiger partial charge in [0.05, 0.1) is 5.76 Å². The molecular formula is C123H146AlBCl4F12IO4Pd-. The molecule has 0 fully saturated rings. The van der Waals surface area contributed by atoms with E-state index in [1.54, 1.807) is 86.7 Å². The van der Waals surface area contributed by atoms with Gasteiger partial charge in [0.2, 0.25) is 5.24 Å². The smallest absolute Gasteiger partial charge is 0.460 e. The number of allylic oxidation sites excluding steroid dienone is 2. The number of ether oxygens (including phenoxy) is 1. The normalized spacial score (nSPS) is 10.7. The van der Waals surface area contributed by atoms with E-state index in [9.17, 15) is 53.1 Å². The zero-order valence-corrected chi connectivity index (χ0v) is 83.4. The average Bonchev–Trinajstić information content (AvgIpc) is 1.59. The van der Waals surface area contributed by atoms with Gasteiger partial charge >= 0.3 is 18.5 Å². The van der Waals surface area contributed by atoms with E-state index < -0.39 is 30.1 Å². The van der Waals surface area contributed by atoms with Crippen molar-refractivity contribution in [3.63, 3.8) is 0 Å². The molecule has 0 heterocycles. The summed E-state index contributed by atoms with van der Waals surface area (Å²) in [4.78, 5) is 9.58. The third-order valence-corrected chi connectivity index (χ3v) is 24.5. The van der Waals surface area contributed by atoms with Gasteiger partial charge in [0, 0.05) is 148 Å². The van der Waals surface area contributed by atoms with E-state index in [2.05, 4.69) is 60.4 Å². The summed E-state index contributed by atoms with van der Waals surface area (Å²) in [5.41, 5.74) is 22.7. The van der Waals surface area contributed by atoms with Gasteiger partial charge < -0.3 is 22.2 Å². The van der Waals surface area contributed by atoms with Crippen LogP contribution in [0.1, 0.15) is 258 Å². The van der Waals surface area contributed by atoms with E-state index >= 15 is 4.39 Å². The van der Waals surface area contributed by atoms with Gasteiger partial charge in [0.15, 0.2) is 11.6 Å². The maximum atomic E-state index is 15.2. The van der Waals surface area contributed by atoms with Crippen molar-refractivity contribution in [2.75, 3.05) is 0 Å². The van der Waals surface area contributed by atoms with Crippen molar-refractivity contribution in [3.8, 4) is 83.6 Å². The molecule has 0 bridgehead atoms. The molecule has 0 amide bonds. The van der Waals surface area contributed by atoms with E-state index in [0.717, 1.165) is 104 Å². The molecule has 0 spiro atoms.